The number of amides is 1. The van der Waals surface area contributed by atoms with Crippen LogP contribution in [0.25, 0.3) is 11.0 Å². The first kappa shape index (κ1) is 21.8. The van der Waals surface area contributed by atoms with Crippen LogP contribution in [0.4, 0.5) is 5.69 Å². The molecule has 0 spiro atoms. The predicted molar refractivity (Wildman–Crippen MR) is 126 cm³/mol. The summed E-state index contributed by atoms with van der Waals surface area (Å²) >= 11 is 0. The molecule has 8 nitrogen and oxygen atoms in total. The maximum Gasteiger partial charge on any atom is 0.227 e. The van der Waals surface area contributed by atoms with Gasteiger partial charge in [-0.05, 0) is 43.2 Å². The lowest BCUT2D eigenvalue weighted by molar-refractivity contribution is -0.121. The zero-order chi connectivity index (χ0) is 22.3. The highest BCUT2D eigenvalue weighted by Gasteiger charge is 2.27. The number of nitrogens with one attached hydrogen (secondary N) is 2. The van der Waals surface area contributed by atoms with E-state index in [1.165, 1.54) is 0 Å². The summed E-state index contributed by atoms with van der Waals surface area (Å²) in [5, 5.41) is 4.07. The van der Waals surface area contributed by atoms with Crippen molar-refractivity contribution >= 4 is 28.6 Å². The van der Waals surface area contributed by atoms with Crippen molar-refractivity contribution in [1.29, 1.82) is 0 Å². The molecule has 32 heavy (non-hydrogen) atoms. The molecular weight excluding hydrogens is 404 g/mol. The SMILES string of the molecule is NC(N)=NCC1CCC(C(=O)Nc2c(COCc3ccccc3)cnc3[nH]ccc23)CC1. The van der Waals surface area contributed by atoms with E-state index in [2.05, 4.69) is 20.3 Å². The molecule has 1 aromatic carbocycles. The molecule has 1 amide bonds. The molecule has 2 aromatic heterocycles. The first-order chi connectivity index (χ1) is 15.6. The number of carbonyl (C=O) groups excluding carboxylic acids is 1. The normalized spacial score (nSPS) is 18.4. The maximum atomic E-state index is 13.1. The Labute approximate surface area is 187 Å². The van der Waals surface area contributed by atoms with Gasteiger partial charge in [0, 0.05) is 35.8 Å². The Kier molecular flexibility index (Phi) is 7.01. The number of hydrogen-bond acceptors (Lipinski definition) is 4. The number of ether oxygens (including phenoxy) is 1. The molecule has 0 unspecified atom stereocenters. The predicted octanol–water partition coefficient (Wildman–Crippen LogP) is 3.30. The summed E-state index contributed by atoms with van der Waals surface area (Å²) < 4.78 is 5.92. The van der Waals surface area contributed by atoms with Crippen LogP contribution in [0.3, 0.4) is 0 Å². The highest BCUT2D eigenvalue weighted by Crippen LogP contribution is 2.32. The van der Waals surface area contributed by atoms with Crippen molar-refractivity contribution in [2.24, 2.45) is 28.3 Å². The van der Waals surface area contributed by atoms with Crippen LogP contribution in [-0.4, -0.2) is 28.4 Å². The van der Waals surface area contributed by atoms with Gasteiger partial charge in [0.05, 0.1) is 18.9 Å². The Morgan fingerprint density at radius 1 is 1.12 bits per heavy atom. The van der Waals surface area contributed by atoms with Gasteiger partial charge >= 0.3 is 0 Å². The summed E-state index contributed by atoms with van der Waals surface area (Å²) in [6.45, 7) is 1.50. The summed E-state index contributed by atoms with van der Waals surface area (Å²) in [6.07, 6.45) is 7.15. The number of nitrogens with zero attached hydrogens (tertiary/aromatic N) is 2. The van der Waals surface area contributed by atoms with E-state index in [1.54, 1.807) is 6.20 Å². The van der Waals surface area contributed by atoms with Crippen LogP contribution >= 0.6 is 0 Å². The van der Waals surface area contributed by atoms with E-state index in [-0.39, 0.29) is 17.8 Å². The van der Waals surface area contributed by atoms with Crippen molar-refractivity contribution in [3.8, 4) is 0 Å². The standard InChI is InChI=1S/C24H30N6O2/c25-24(26)29-12-16-6-8-18(9-7-16)23(31)30-21-19(13-28-22-20(21)10-11-27-22)15-32-14-17-4-2-1-3-5-17/h1-5,10-11,13,16,18H,6-9,12,14-15H2,(H4,25,26,29)(H2,27,28,30,31). The minimum absolute atomic E-state index is 0.0225. The molecular formula is C24H30N6O2. The van der Waals surface area contributed by atoms with Gasteiger partial charge in [0.15, 0.2) is 5.96 Å². The number of nitrogens with two attached hydrogens (primary N) is 2. The fourth-order valence-electron chi connectivity index (χ4n) is 4.23. The van der Waals surface area contributed by atoms with Gasteiger partial charge < -0.3 is 26.5 Å². The Bertz CT molecular complexity index is 1070. The zero-order valence-electron chi connectivity index (χ0n) is 18.1. The molecule has 1 aliphatic carbocycles. The van der Waals surface area contributed by atoms with Crippen molar-refractivity contribution in [1.82, 2.24) is 9.97 Å². The number of aliphatic imine (C=N–C) groups is 1. The molecule has 168 valence electrons. The highest BCUT2D eigenvalue weighted by molar-refractivity contribution is 6.02. The number of pyridine rings is 1. The summed E-state index contributed by atoms with van der Waals surface area (Å²) in [5.41, 5.74) is 14.4. The number of rotatable bonds is 8. The molecule has 6 N–H and O–H groups in total. The fraction of sp³-hybridized carbons (Fsp3) is 0.375. The number of benzene rings is 1. The number of anilines is 1. The van der Waals surface area contributed by atoms with E-state index in [0.717, 1.165) is 53.5 Å². The highest BCUT2D eigenvalue weighted by atomic mass is 16.5. The lowest BCUT2D eigenvalue weighted by Crippen LogP contribution is -2.29. The van der Waals surface area contributed by atoms with Crippen LogP contribution in [0.2, 0.25) is 0 Å². The first-order valence-corrected chi connectivity index (χ1v) is 11.0. The van der Waals surface area contributed by atoms with E-state index in [1.807, 2.05) is 42.6 Å². The number of carbonyl (C=O) groups is 1. The van der Waals surface area contributed by atoms with Crippen molar-refractivity contribution in [2.45, 2.75) is 38.9 Å². The molecule has 0 radical (unpaired) electrons. The average Bonchev–Trinajstić information content (AvgIpc) is 3.29. The molecule has 1 saturated carbocycles. The molecule has 2 heterocycles. The Hall–Kier alpha value is -3.39. The quantitative estimate of drug-likeness (QED) is 0.319. The van der Waals surface area contributed by atoms with Gasteiger partial charge in [-0.2, -0.15) is 0 Å². The number of aromatic amines is 1. The number of H-pyrrole nitrogens is 1. The number of fused-ring (bicyclic) bond motifs is 1. The minimum Gasteiger partial charge on any atom is -0.372 e. The van der Waals surface area contributed by atoms with E-state index in [4.69, 9.17) is 16.2 Å². The number of hydrogen-bond donors (Lipinski definition) is 4. The van der Waals surface area contributed by atoms with E-state index in [9.17, 15) is 4.79 Å². The summed E-state index contributed by atoms with van der Waals surface area (Å²) in [4.78, 5) is 24.8. The van der Waals surface area contributed by atoms with Gasteiger partial charge in [-0.3, -0.25) is 9.79 Å². The van der Waals surface area contributed by atoms with Crippen molar-refractivity contribution < 1.29 is 9.53 Å². The van der Waals surface area contributed by atoms with Crippen molar-refractivity contribution in [2.75, 3.05) is 11.9 Å². The van der Waals surface area contributed by atoms with Crippen molar-refractivity contribution in [3.63, 3.8) is 0 Å². The minimum atomic E-state index is -0.0225. The third kappa shape index (κ3) is 5.45. The molecule has 0 atom stereocenters. The molecule has 4 rings (SSSR count). The van der Waals surface area contributed by atoms with Crippen LogP contribution in [0.15, 0.2) is 53.8 Å². The van der Waals surface area contributed by atoms with Crippen LogP contribution < -0.4 is 16.8 Å². The van der Waals surface area contributed by atoms with Crippen LogP contribution in [0, 0.1) is 11.8 Å². The van der Waals surface area contributed by atoms with Crippen LogP contribution in [0.1, 0.15) is 36.8 Å². The first-order valence-electron chi connectivity index (χ1n) is 11.0. The average molecular weight is 435 g/mol. The molecule has 0 bridgehead atoms. The van der Waals surface area contributed by atoms with E-state index < -0.39 is 0 Å². The third-order valence-corrected chi connectivity index (χ3v) is 6.03. The molecule has 1 aliphatic rings. The van der Waals surface area contributed by atoms with Gasteiger partial charge in [-0.1, -0.05) is 30.3 Å². The second-order valence-electron chi connectivity index (χ2n) is 8.35. The fourth-order valence-corrected chi connectivity index (χ4v) is 4.23. The lowest BCUT2D eigenvalue weighted by atomic mass is 9.81. The topological polar surface area (TPSA) is 131 Å². The molecule has 3 aromatic rings. The van der Waals surface area contributed by atoms with E-state index >= 15 is 0 Å². The number of aromatic nitrogens is 2. The summed E-state index contributed by atoms with van der Waals surface area (Å²) in [6, 6.07) is 12.0. The second-order valence-corrected chi connectivity index (χ2v) is 8.35. The van der Waals surface area contributed by atoms with Gasteiger partial charge in [0.2, 0.25) is 5.91 Å². The Morgan fingerprint density at radius 2 is 1.91 bits per heavy atom. The Morgan fingerprint density at radius 3 is 2.66 bits per heavy atom. The van der Waals surface area contributed by atoms with Gasteiger partial charge in [0.25, 0.3) is 0 Å². The maximum absolute atomic E-state index is 13.1. The van der Waals surface area contributed by atoms with Gasteiger partial charge in [-0.25, -0.2) is 4.98 Å². The zero-order valence-corrected chi connectivity index (χ0v) is 18.1. The summed E-state index contributed by atoms with van der Waals surface area (Å²) in [5.74, 6) is 0.578. The van der Waals surface area contributed by atoms with Gasteiger partial charge in [0.1, 0.15) is 5.65 Å². The van der Waals surface area contributed by atoms with Crippen LogP contribution in [-0.2, 0) is 22.7 Å². The second kappa shape index (κ2) is 10.3. The smallest absolute Gasteiger partial charge is 0.227 e. The van der Waals surface area contributed by atoms with E-state index in [0.29, 0.717) is 25.7 Å². The molecule has 0 aliphatic heterocycles. The molecule has 0 saturated heterocycles. The van der Waals surface area contributed by atoms with Crippen LogP contribution in [0.5, 0.6) is 0 Å². The van der Waals surface area contributed by atoms with Gasteiger partial charge in [-0.15, -0.1) is 0 Å². The largest absolute Gasteiger partial charge is 0.372 e. The van der Waals surface area contributed by atoms with Crippen molar-refractivity contribution in [3.05, 3.63) is 59.9 Å². The summed E-state index contributed by atoms with van der Waals surface area (Å²) in [7, 11) is 0. The number of guanidine groups is 1. The molecule has 1 fully saturated rings. The monoisotopic (exact) mass is 434 g/mol. The lowest BCUT2D eigenvalue weighted by Gasteiger charge is -2.27. The Balaban J connectivity index is 1.41. The third-order valence-electron chi connectivity index (χ3n) is 6.03. The molecule has 8 heteroatoms.